The monoisotopic (exact) mass is 325 g/mol. The highest BCUT2D eigenvalue weighted by molar-refractivity contribution is 8.14. The molecule has 0 aromatic heterocycles. The minimum Gasteiger partial charge on any atom is -0.482 e. The number of thioether (sulfide) groups is 1. The molecule has 1 heterocycles. The Labute approximate surface area is 131 Å². The van der Waals surface area contributed by atoms with E-state index in [0.717, 1.165) is 18.0 Å². The maximum absolute atomic E-state index is 10.9. The van der Waals surface area contributed by atoms with Crippen molar-refractivity contribution in [2.45, 2.75) is 6.92 Å². The number of imide groups is 1. The second kappa shape index (κ2) is 9.56. The number of amides is 2. The molecule has 0 saturated carbocycles. The average Bonchev–Trinajstić information content (AvgIpc) is 2.90. The van der Waals surface area contributed by atoms with Crippen LogP contribution in [0.4, 0.5) is 4.79 Å². The molecule has 2 rings (SSSR count). The lowest BCUT2D eigenvalue weighted by molar-refractivity contribution is -0.145. The molecule has 1 aromatic rings. The van der Waals surface area contributed by atoms with Crippen molar-refractivity contribution in [2.24, 2.45) is 0 Å². The standard InChI is InChI=1S/C11H12O4.C3H3NO2S/c1-2-14-11(13)8-15-10-5-3-9(7-12)4-6-10;5-2-1-7-3(6)4-2/h3-7H,2,8H2,1H3;1H2,(H,4,5,6). The predicted molar refractivity (Wildman–Crippen MR) is 80.0 cm³/mol. The van der Waals surface area contributed by atoms with Crippen LogP contribution in [-0.4, -0.2) is 42.4 Å². The summed E-state index contributed by atoms with van der Waals surface area (Å²) in [6.45, 7) is 1.96. The fourth-order valence-electron chi connectivity index (χ4n) is 1.30. The summed E-state index contributed by atoms with van der Waals surface area (Å²) < 4.78 is 9.82. The number of carbonyl (C=O) groups is 4. The lowest BCUT2D eigenvalue weighted by atomic mass is 10.2. The summed E-state index contributed by atoms with van der Waals surface area (Å²) in [5, 5.41) is 1.87. The number of hydrogen-bond acceptors (Lipinski definition) is 7. The number of nitrogens with one attached hydrogen (secondary N) is 1. The topological polar surface area (TPSA) is 98.8 Å². The molecule has 1 saturated heterocycles. The Balaban J connectivity index is 0.000000287. The van der Waals surface area contributed by atoms with Gasteiger partial charge in [-0.15, -0.1) is 0 Å². The second-order valence-corrected chi connectivity index (χ2v) is 4.85. The molecule has 0 unspecified atom stereocenters. The fraction of sp³-hybridized carbons (Fsp3) is 0.286. The smallest absolute Gasteiger partial charge is 0.344 e. The number of benzene rings is 1. The SMILES string of the molecule is CCOC(=O)COc1ccc(C=O)cc1.O=C1CSC(=O)N1. The summed E-state index contributed by atoms with van der Waals surface area (Å²) in [6, 6.07) is 6.49. The van der Waals surface area contributed by atoms with Crippen molar-refractivity contribution in [2.75, 3.05) is 19.0 Å². The Bertz CT molecular complexity index is 529. The Kier molecular flexibility index (Phi) is 7.69. The Morgan fingerprint density at radius 1 is 1.32 bits per heavy atom. The molecule has 8 heteroatoms. The molecule has 1 fully saturated rings. The van der Waals surface area contributed by atoms with Crippen LogP contribution in [0.15, 0.2) is 24.3 Å². The van der Waals surface area contributed by atoms with E-state index in [-0.39, 0.29) is 17.8 Å². The quantitative estimate of drug-likeness (QED) is 0.645. The van der Waals surface area contributed by atoms with Gasteiger partial charge in [0.25, 0.3) is 5.24 Å². The number of rotatable bonds is 5. The third-order valence-electron chi connectivity index (χ3n) is 2.25. The van der Waals surface area contributed by atoms with Crippen LogP contribution < -0.4 is 10.1 Å². The molecule has 0 aliphatic carbocycles. The van der Waals surface area contributed by atoms with E-state index in [1.165, 1.54) is 0 Å². The van der Waals surface area contributed by atoms with E-state index in [9.17, 15) is 19.2 Å². The van der Waals surface area contributed by atoms with E-state index in [0.29, 0.717) is 23.7 Å². The van der Waals surface area contributed by atoms with Gasteiger partial charge < -0.3 is 9.47 Å². The number of esters is 1. The zero-order valence-electron chi connectivity index (χ0n) is 11.9. The minimum absolute atomic E-state index is 0.117. The van der Waals surface area contributed by atoms with Gasteiger partial charge in [-0.3, -0.25) is 19.7 Å². The van der Waals surface area contributed by atoms with Crippen molar-refractivity contribution in [1.82, 2.24) is 5.32 Å². The third-order valence-corrected chi connectivity index (χ3v) is 3.02. The largest absolute Gasteiger partial charge is 0.482 e. The molecule has 1 N–H and O–H groups in total. The van der Waals surface area contributed by atoms with Crippen LogP contribution in [-0.2, 0) is 14.3 Å². The molecule has 1 aromatic carbocycles. The van der Waals surface area contributed by atoms with Gasteiger partial charge in [0.1, 0.15) is 12.0 Å². The zero-order chi connectivity index (χ0) is 16.4. The molecule has 0 spiro atoms. The van der Waals surface area contributed by atoms with E-state index < -0.39 is 5.97 Å². The number of carbonyl (C=O) groups excluding carboxylic acids is 4. The van der Waals surface area contributed by atoms with Crippen molar-refractivity contribution in [3.8, 4) is 5.75 Å². The highest BCUT2D eigenvalue weighted by atomic mass is 32.2. The summed E-state index contributed by atoms with van der Waals surface area (Å²) >= 11 is 1.01. The summed E-state index contributed by atoms with van der Waals surface area (Å²) in [7, 11) is 0. The van der Waals surface area contributed by atoms with Crippen molar-refractivity contribution in [3.05, 3.63) is 29.8 Å². The van der Waals surface area contributed by atoms with E-state index >= 15 is 0 Å². The molecule has 2 amide bonds. The fourth-order valence-corrected chi connectivity index (χ4v) is 1.82. The van der Waals surface area contributed by atoms with Crippen molar-refractivity contribution < 1.29 is 28.7 Å². The molecule has 118 valence electrons. The molecule has 0 radical (unpaired) electrons. The molecule has 1 aliphatic rings. The van der Waals surface area contributed by atoms with Crippen LogP contribution in [0.3, 0.4) is 0 Å². The van der Waals surface area contributed by atoms with Gasteiger partial charge in [0.15, 0.2) is 6.61 Å². The Hall–Kier alpha value is -2.35. The van der Waals surface area contributed by atoms with E-state index in [1.807, 2.05) is 0 Å². The second-order valence-electron chi connectivity index (χ2n) is 3.90. The Morgan fingerprint density at radius 3 is 2.41 bits per heavy atom. The summed E-state index contributed by atoms with van der Waals surface area (Å²) in [5.41, 5.74) is 0.568. The maximum Gasteiger partial charge on any atom is 0.344 e. The van der Waals surface area contributed by atoms with Gasteiger partial charge in [0.2, 0.25) is 5.91 Å². The van der Waals surface area contributed by atoms with E-state index in [1.54, 1.807) is 31.2 Å². The molecule has 0 atom stereocenters. The maximum atomic E-state index is 10.9. The summed E-state index contributed by atoms with van der Waals surface area (Å²) in [4.78, 5) is 41.5. The van der Waals surface area contributed by atoms with Gasteiger partial charge in [0, 0.05) is 5.56 Å². The van der Waals surface area contributed by atoms with Gasteiger partial charge >= 0.3 is 5.97 Å². The molecular weight excluding hydrogens is 310 g/mol. The van der Waals surface area contributed by atoms with E-state index in [4.69, 9.17) is 4.74 Å². The minimum atomic E-state index is -0.406. The van der Waals surface area contributed by atoms with Crippen LogP contribution in [0.1, 0.15) is 17.3 Å². The zero-order valence-corrected chi connectivity index (χ0v) is 12.7. The summed E-state index contributed by atoms with van der Waals surface area (Å²) in [5.74, 6) is 0.236. The number of aldehydes is 1. The molecule has 1 aliphatic heterocycles. The van der Waals surface area contributed by atoms with Crippen LogP contribution in [0.5, 0.6) is 5.75 Å². The molecule has 7 nitrogen and oxygen atoms in total. The van der Waals surface area contributed by atoms with Gasteiger partial charge in [-0.1, -0.05) is 11.8 Å². The van der Waals surface area contributed by atoms with Gasteiger partial charge in [-0.2, -0.15) is 0 Å². The first-order valence-corrected chi connectivity index (χ1v) is 7.34. The van der Waals surface area contributed by atoms with Crippen molar-refractivity contribution >= 4 is 35.2 Å². The normalized spacial score (nSPS) is 12.8. The van der Waals surface area contributed by atoms with Crippen LogP contribution in [0, 0.1) is 0 Å². The first-order chi connectivity index (χ1) is 10.5. The van der Waals surface area contributed by atoms with Crippen LogP contribution >= 0.6 is 11.8 Å². The number of ether oxygens (including phenoxy) is 2. The highest BCUT2D eigenvalue weighted by Gasteiger charge is 2.16. The van der Waals surface area contributed by atoms with Gasteiger partial charge in [-0.05, 0) is 31.2 Å². The highest BCUT2D eigenvalue weighted by Crippen LogP contribution is 2.10. The Morgan fingerprint density at radius 2 is 2.00 bits per heavy atom. The lowest BCUT2D eigenvalue weighted by Gasteiger charge is -2.05. The predicted octanol–water partition coefficient (Wildman–Crippen LogP) is 1.41. The van der Waals surface area contributed by atoms with Gasteiger partial charge in [0.05, 0.1) is 12.4 Å². The lowest BCUT2D eigenvalue weighted by Crippen LogP contribution is -2.18. The third kappa shape index (κ3) is 6.89. The molecule has 0 bridgehead atoms. The van der Waals surface area contributed by atoms with Crippen LogP contribution in [0.2, 0.25) is 0 Å². The first kappa shape index (κ1) is 17.7. The summed E-state index contributed by atoms with van der Waals surface area (Å²) in [6.07, 6.45) is 0.745. The molecular formula is C14H15NO6S. The van der Waals surface area contributed by atoms with Gasteiger partial charge in [-0.25, -0.2) is 4.79 Å². The first-order valence-electron chi connectivity index (χ1n) is 6.35. The van der Waals surface area contributed by atoms with Crippen molar-refractivity contribution in [1.29, 1.82) is 0 Å². The number of hydrogen-bond donors (Lipinski definition) is 1. The average molecular weight is 325 g/mol. The van der Waals surface area contributed by atoms with Crippen molar-refractivity contribution in [3.63, 3.8) is 0 Å². The molecule has 22 heavy (non-hydrogen) atoms. The van der Waals surface area contributed by atoms with E-state index in [2.05, 4.69) is 10.1 Å². The van der Waals surface area contributed by atoms with Crippen LogP contribution in [0.25, 0.3) is 0 Å².